The summed E-state index contributed by atoms with van der Waals surface area (Å²) in [5, 5.41) is 10.5. The van der Waals surface area contributed by atoms with E-state index in [1.165, 1.54) is 0 Å². The molecule has 0 aliphatic carbocycles. The van der Waals surface area contributed by atoms with Crippen LogP contribution in [0, 0.1) is 5.92 Å². The van der Waals surface area contributed by atoms with Gasteiger partial charge in [0.05, 0.1) is 13.2 Å². The fourth-order valence-electron chi connectivity index (χ4n) is 2.55. The highest BCUT2D eigenvalue weighted by molar-refractivity contribution is 5.29. The second kappa shape index (κ2) is 7.65. The van der Waals surface area contributed by atoms with Gasteiger partial charge < -0.3 is 9.84 Å². The van der Waals surface area contributed by atoms with Crippen LogP contribution in [0.25, 0.3) is 0 Å². The summed E-state index contributed by atoms with van der Waals surface area (Å²) in [6.07, 6.45) is 0.649. The molecular weight excluding hydrogens is 250 g/mol. The minimum Gasteiger partial charge on any atom is -0.497 e. The predicted octanol–water partition coefficient (Wildman–Crippen LogP) is 3.48. The molecule has 0 aromatic heterocycles. The van der Waals surface area contributed by atoms with Crippen LogP contribution in [0.4, 0.5) is 0 Å². The third kappa shape index (κ3) is 4.50. The normalized spacial score (nSPS) is 16.2. The van der Waals surface area contributed by atoms with E-state index >= 15 is 0 Å². The van der Waals surface area contributed by atoms with Gasteiger partial charge in [-0.05, 0) is 50.9 Å². The SMILES string of the molecule is COc1ccc(C(O)C(C)N(C)C(C)CC(C)C)cc1. The Morgan fingerprint density at radius 2 is 1.65 bits per heavy atom. The molecule has 3 heteroatoms. The van der Waals surface area contributed by atoms with Gasteiger partial charge in [0.15, 0.2) is 0 Å². The van der Waals surface area contributed by atoms with E-state index in [0.29, 0.717) is 12.0 Å². The van der Waals surface area contributed by atoms with E-state index in [1.807, 2.05) is 24.3 Å². The highest BCUT2D eigenvalue weighted by atomic mass is 16.5. The summed E-state index contributed by atoms with van der Waals surface area (Å²) in [7, 11) is 3.74. The van der Waals surface area contributed by atoms with Gasteiger partial charge in [-0.3, -0.25) is 4.90 Å². The standard InChI is InChI=1S/C17H29NO2/c1-12(2)11-13(3)18(5)14(4)17(19)15-7-9-16(20-6)10-8-15/h7-10,12-14,17,19H,11H2,1-6H3. The summed E-state index contributed by atoms with van der Waals surface area (Å²) in [5.74, 6) is 1.48. The maximum absolute atomic E-state index is 10.5. The van der Waals surface area contributed by atoms with Crippen molar-refractivity contribution in [3.05, 3.63) is 29.8 Å². The predicted molar refractivity (Wildman–Crippen MR) is 84.1 cm³/mol. The number of methoxy groups -OCH3 is 1. The van der Waals surface area contributed by atoms with E-state index in [1.54, 1.807) is 7.11 Å². The summed E-state index contributed by atoms with van der Waals surface area (Å²) in [6, 6.07) is 8.18. The number of hydrogen-bond acceptors (Lipinski definition) is 3. The number of nitrogens with zero attached hydrogens (tertiary/aromatic N) is 1. The smallest absolute Gasteiger partial charge is 0.118 e. The van der Waals surface area contributed by atoms with Crippen LogP contribution in [0.1, 0.15) is 45.8 Å². The van der Waals surface area contributed by atoms with Gasteiger partial charge in [-0.15, -0.1) is 0 Å². The number of aliphatic hydroxyl groups is 1. The lowest BCUT2D eigenvalue weighted by molar-refractivity contribution is 0.0481. The Morgan fingerprint density at radius 3 is 2.10 bits per heavy atom. The molecule has 1 aromatic carbocycles. The third-order valence-electron chi connectivity index (χ3n) is 4.06. The van der Waals surface area contributed by atoms with Crippen LogP contribution in [0.3, 0.4) is 0 Å². The Bertz CT molecular complexity index is 388. The summed E-state index contributed by atoms with van der Waals surface area (Å²) < 4.78 is 5.15. The van der Waals surface area contributed by atoms with Crippen LogP contribution in [-0.2, 0) is 0 Å². The molecule has 0 saturated heterocycles. The third-order valence-corrected chi connectivity index (χ3v) is 4.06. The molecule has 1 rings (SSSR count). The van der Waals surface area contributed by atoms with Crippen molar-refractivity contribution in [3.63, 3.8) is 0 Å². The molecule has 114 valence electrons. The lowest BCUT2D eigenvalue weighted by Gasteiger charge is -2.34. The summed E-state index contributed by atoms with van der Waals surface area (Å²) in [5.41, 5.74) is 0.932. The highest BCUT2D eigenvalue weighted by Gasteiger charge is 2.24. The number of rotatable bonds is 7. The van der Waals surface area contributed by atoms with E-state index in [2.05, 4.69) is 39.6 Å². The van der Waals surface area contributed by atoms with Crippen molar-refractivity contribution in [1.29, 1.82) is 0 Å². The molecule has 0 saturated carbocycles. The van der Waals surface area contributed by atoms with Crippen molar-refractivity contribution in [2.75, 3.05) is 14.2 Å². The Hall–Kier alpha value is -1.06. The van der Waals surface area contributed by atoms with Crippen LogP contribution >= 0.6 is 0 Å². The van der Waals surface area contributed by atoms with Gasteiger partial charge in [-0.2, -0.15) is 0 Å². The second-order valence-corrected chi connectivity index (χ2v) is 6.10. The molecule has 1 aromatic rings. The first kappa shape index (κ1) is 17.0. The molecule has 3 nitrogen and oxygen atoms in total. The molecule has 1 N–H and O–H groups in total. The van der Waals surface area contributed by atoms with E-state index < -0.39 is 6.10 Å². The quantitative estimate of drug-likeness (QED) is 0.829. The monoisotopic (exact) mass is 279 g/mol. The van der Waals surface area contributed by atoms with Crippen LogP contribution < -0.4 is 4.74 Å². The first-order chi connectivity index (χ1) is 9.36. The lowest BCUT2D eigenvalue weighted by atomic mass is 9.98. The maximum Gasteiger partial charge on any atom is 0.118 e. The lowest BCUT2D eigenvalue weighted by Crippen LogP contribution is -2.41. The van der Waals surface area contributed by atoms with Gasteiger partial charge in [0, 0.05) is 12.1 Å². The molecule has 20 heavy (non-hydrogen) atoms. The molecule has 0 aliphatic heterocycles. The van der Waals surface area contributed by atoms with Gasteiger partial charge in [0.1, 0.15) is 5.75 Å². The van der Waals surface area contributed by atoms with Gasteiger partial charge in [-0.1, -0.05) is 26.0 Å². The minimum atomic E-state index is -0.486. The summed E-state index contributed by atoms with van der Waals surface area (Å²) >= 11 is 0. The molecule has 0 heterocycles. The Labute approximate surface area is 123 Å². The first-order valence-corrected chi connectivity index (χ1v) is 7.40. The zero-order chi connectivity index (χ0) is 15.3. The molecule has 0 bridgehead atoms. The van der Waals surface area contributed by atoms with Crippen molar-refractivity contribution < 1.29 is 9.84 Å². The van der Waals surface area contributed by atoms with Gasteiger partial charge in [0.25, 0.3) is 0 Å². The van der Waals surface area contributed by atoms with Crippen LogP contribution in [0.2, 0.25) is 0 Å². The van der Waals surface area contributed by atoms with E-state index in [0.717, 1.165) is 17.7 Å². The minimum absolute atomic E-state index is 0.0807. The van der Waals surface area contributed by atoms with Crippen LogP contribution in [0.15, 0.2) is 24.3 Å². The van der Waals surface area contributed by atoms with Crippen molar-refractivity contribution in [2.24, 2.45) is 5.92 Å². The molecular formula is C17H29NO2. The first-order valence-electron chi connectivity index (χ1n) is 7.40. The van der Waals surface area contributed by atoms with Crippen molar-refractivity contribution in [3.8, 4) is 5.75 Å². The molecule has 0 spiro atoms. The Morgan fingerprint density at radius 1 is 1.10 bits per heavy atom. The van der Waals surface area contributed by atoms with Crippen LogP contribution in [0.5, 0.6) is 5.75 Å². The number of ether oxygens (including phenoxy) is 1. The summed E-state index contributed by atoms with van der Waals surface area (Å²) in [4.78, 5) is 2.26. The van der Waals surface area contributed by atoms with Gasteiger partial charge in [0.2, 0.25) is 0 Å². The number of benzene rings is 1. The Balaban J connectivity index is 2.71. The number of aliphatic hydroxyl groups excluding tert-OH is 1. The zero-order valence-electron chi connectivity index (χ0n) is 13.6. The van der Waals surface area contributed by atoms with E-state index in [-0.39, 0.29) is 6.04 Å². The van der Waals surface area contributed by atoms with Crippen LogP contribution in [-0.4, -0.2) is 36.2 Å². The number of hydrogen-bond donors (Lipinski definition) is 1. The molecule has 0 amide bonds. The molecule has 0 aliphatic rings. The number of likely N-dealkylation sites (N-methyl/N-ethyl adjacent to an activating group) is 1. The zero-order valence-corrected chi connectivity index (χ0v) is 13.6. The summed E-state index contributed by atoms with van der Waals surface area (Å²) in [6.45, 7) is 8.76. The Kier molecular flexibility index (Phi) is 6.50. The largest absolute Gasteiger partial charge is 0.497 e. The topological polar surface area (TPSA) is 32.7 Å². The fourth-order valence-corrected chi connectivity index (χ4v) is 2.55. The molecule has 0 radical (unpaired) electrons. The fraction of sp³-hybridized carbons (Fsp3) is 0.647. The van der Waals surface area contributed by atoms with Gasteiger partial charge in [-0.25, -0.2) is 0 Å². The highest BCUT2D eigenvalue weighted by Crippen LogP contribution is 2.24. The van der Waals surface area contributed by atoms with Crippen molar-refractivity contribution in [1.82, 2.24) is 4.90 Å². The van der Waals surface area contributed by atoms with Gasteiger partial charge >= 0.3 is 0 Å². The van der Waals surface area contributed by atoms with Crippen molar-refractivity contribution in [2.45, 2.75) is 52.3 Å². The van der Waals surface area contributed by atoms with E-state index in [4.69, 9.17) is 4.74 Å². The second-order valence-electron chi connectivity index (χ2n) is 6.10. The van der Waals surface area contributed by atoms with Crippen molar-refractivity contribution >= 4 is 0 Å². The average Bonchev–Trinajstić information content (AvgIpc) is 2.44. The molecule has 0 fully saturated rings. The van der Waals surface area contributed by atoms with E-state index in [9.17, 15) is 5.11 Å². The average molecular weight is 279 g/mol. The molecule has 3 atom stereocenters. The molecule has 3 unspecified atom stereocenters. The maximum atomic E-state index is 10.5.